The lowest BCUT2D eigenvalue weighted by molar-refractivity contribution is -0.142. The lowest BCUT2D eigenvalue weighted by atomic mass is 9.88. The van der Waals surface area contributed by atoms with E-state index in [-0.39, 0.29) is 30.9 Å². The smallest absolute Gasteiger partial charge is 0.290 e. The van der Waals surface area contributed by atoms with Crippen LogP contribution in [0.15, 0.2) is 42.5 Å². The number of hydrogen-bond donors (Lipinski definition) is 4. The van der Waals surface area contributed by atoms with Gasteiger partial charge < -0.3 is 20.9 Å². The first kappa shape index (κ1) is 33.1. The Morgan fingerprint density at radius 2 is 1.84 bits per heavy atom. The van der Waals surface area contributed by atoms with Crippen LogP contribution in [-0.4, -0.2) is 52.4 Å². The van der Waals surface area contributed by atoms with Crippen LogP contribution in [0.2, 0.25) is 10.0 Å². The Morgan fingerprint density at radius 1 is 1.09 bits per heavy atom. The van der Waals surface area contributed by atoms with E-state index in [0.29, 0.717) is 45.9 Å². The highest BCUT2D eigenvalue weighted by Gasteiger charge is 2.36. The number of aromatic nitrogens is 1. The number of benzene rings is 2. The number of amides is 3. The van der Waals surface area contributed by atoms with Gasteiger partial charge in [-0.15, -0.1) is 0 Å². The van der Waals surface area contributed by atoms with Gasteiger partial charge in [-0.05, 0) is 82.3 Å². The summed E-state index contributed by atoms with van der Waals surface area (Å²) >= 11 is 12.4. The van der Waals surface area contributed by atoms with Crippen molar-refractivity contribution in [3.8, 4) is 0 Å². The van der Waals surface area contributed by atoms with Gasteiger partial charge in [0.1, 0.15) is 5.82 Å². The molecule has 44 heavy (non-hydrogen) atoms. The van der Waals surface area contributed by atoms with E-state index in [0.717, 1.165) is 0 Å². The number of nitrogens with one attached hydrogen (secondary N) is 4. The summed E-state index contributed by atoms with van der Waals surface area (Å²) in [6, 6.07) is 9.07. The average molecular weight is 646 g/mol. The number of carbonyl (C=O) groups is 5. The topological polar surface area (TPSA) is 137 Å². The maximum atomic E-state index is 14.0. The van der Waals surface area contributed by atoms with Crippen molar-refractivity contribution < 1.29 is 28.4 Å². The molecule has 1 fully saturated rings. The standard InChI is InChI=1S/C32H35Cl2FN4O5/c1-32(2,3)39-31(44)28(41)26(12-18-7-5-9-36-29(18)42)38-30(43)19(10-17-6-4-8-21(35)11-17)13-27(40)25-16-22-23(34)14-20(33)15-24(22)37-25/h4,6,8,11,14-16,18-19,26,37H,5,7,9-10,12-13H2,1-3H3,(H,36,42)(H,38,43)(H,39,44)/t18-,19+,26-/m0/s1. The van der Waals surface area contributed by atoms with E-state index in [1.165, 1.54) is 18.2 Å². The van der Waals surface area contributed by atoms with Crippen molar-refractivity contribution in [2.24, 2.45) is 11.8 Å². The van der Waals surface area contributed by atoms with Crippen molar-refractivity contribution in [3.05, 3.63) is 69.6 Å². The van der Waals surface area contributed by atoms with E-state index in [1.54, 1.807) is 45.0 Å². The fourth-order valence-electron chi connectivity index (χ4n) is 5.28. The summed E-state index contributed by atoms with van der Waals surface area (Å²) in [7, 11) is 0. The molecular formula is C32H35Cl2FN4O5. The maximum absolute atomic E-state index is 14.0. The molecule has 0 spiro atoms. The van der Waals surface area contributed by atoms with Crippen molar-refractivity contribution >= 4 is 63.4 Å². The van der Waals surface area contributed by atoms with Gasteiger partial charge in [0.15, 0.2) is 5.78 Å². The molecule has 12 heteroatoms. The molecule has 234 valence electrons. The lowest BCUT2D eigenvalue weighted by Crippen LogP contribution is -2.54. The first-order valence-corrected chi connectivity index (χ1v) is 15.2. The van der Waals surface area contributed by atoms with Gasteiger partial charge in [0, 0.05) is 46.3 Å². The molecule has 1 aromatic heterocycles. The third-order valence-corrected chi connectivity index (χ3v) is 7.92. The summed E-state index contributed by atoms with van der Waals surface area (Å²) in [4.78, 5) is 69.1. The molecule has 4 rings (SSSR count). The fraction of sp³-hybridized carbons (Fsp3) is 0.406. The summed E-state index contributed by atoms with van der Waals surface area (Å²) in [5, 5.41) is 9.33. The molecule has 3 aromatic rings. The van der Waals surface area contributed by atoms with Crippen LogP contribution in [0.4, 0.5) is 4.39 Å². The number of H-pyrrole nitrogens is 1. The van der Waals surface area contributed by atoms with Crippen molar-refractivity contribution in [2.45, 2.75) is 64.5 Å². The molecule has 3 atom stereocenters. The minimum absolute atomic E-state index is 0.0266. The number of halogens is 3. The van der Waals surface area contributed by atoms with Crippen LogP contribution in [0.1, 0.15) is 62.5 Å². The first-order chi connectivity index (χ1) is 20.7. The monoisotopic (exact) mass is 644 g/mol. The Hall–Kier alpha value is -3.76. The fourth-order valence-corrected chi connectivity index (χ4v) is 5.82. The average Bonchev–Trinajstić information content (AvgIpc) is 3.37. The molecule has 0 bridgehead atoms. The number of hydrogen-bond acceptors (Lipinski definition) is 5. The zero-order chi connectivity index (χ0) is 32.2. The zero-order valence-electron chi connectivity index (χ0n) is 24.7. The minimum Gasteiger partial charge on any atom is -0.356 e. The zero-order valence-corrected chi connectivity index (χ0v) is 26.2. The summed E-state index contributed by atoms with van der Waals surface area (Å²) in [6.45, 7) is 5.65. The van der Waals surface area contributed by atoms with E-state index in [4.69, 9.17) is 23.2 Å². The summed E-state index contributed by atoms with van der Waals surface area (Å²) in [5.41, 5.74) is 0.475. The van der Waals surface area contributed by atoms with Crippen LogP contribution in [0, 0.1) is 17.7 Å². The van der Waals surface area contributed by atoms with Crippen LogP contribution in [0.25, 0.3) is 10.9 Å². The number of fused-ring (bicyclic) bond motifs is 1. The minimum atomic E-state index is -1.32. The maximum Gasteiger partial charge on any atom is 0.290 e. The van der Waals surface area contributed by atoms with E-state index < -0.39 is 52.6 Å². The lowest BCUT2D eigenvalue weighted by Gasteiger charge is -2.28. The van der Waals surface area contributed by atoms with Gasteiger partial charge in [0.05, 0.1) is 16.8 Å². The van der Waals surface area contributed by atoms with Gasteiger partial charge in [-0.2, -0.15) is 0 Å². The summed E-state index contributed by atoms with van der Waals surface area (Å²) in [5.74, 6) is -5.31. The second kappa shape index (κ2) is 13.9. The molecule has 0 aliphatic carbocycles. The van der Waals surface area contributed by atoms with Crippen molar-refractivity contribution in [2.75, 3.05) is 6.54 Å². The number of Topliss-reactive ketones (excluding diaryl/α,β-unsaturated/α-hetero) is 2. The number of piperidine rings is 1. The molecule has 2 heterocycles. The predicted molar refractivity (Wildman–Crippen MR) is 166 cm³/mol. The molecular weight excluding hydrogens is 610 g/mol. The third kappa shape index (κ3) is 8.66. The van der Waals surface area contributed by atoms with Crippen LogP contribution in [0.5, 0.6) is 0 Å². The highest BCUT2D eigenvalue weighted by Crippen LogP contribution is 2.29. The second-order valence-electron chi connectivity index (χ2n) is 12.2. The van der Waals surface area contributed by atoms with E-state index in [9.17, 15) is 28.4 Å². The Kier molecular flexibility index (Phi) is 10.5. The summed E-state index contributed by atoms with van der Waals surface area (Å²) in [6.07, 6.45) is 0.761. The van der Waals surface area contributed by atoms with Gasteiger partial charge >= 0.3 is 0 Å². The van der Waals surface area contributed by atoms with Gasteiger partial charge in [-0.25, -0.2) is 4.39 Å². The Morgan fingerprint density at radius 3 is 2.52 bits per heavy atom. The van der Waals surface area contributed by atoms with Gasteiger partial charge in [0.2, 0.25) is 17.6 Å². The Bertz CT molecular complexity index is 1600. The molecule has 0 radical (unpaired) electrons. The molecule has 9 nitrogen and oxygen atoms in total. The Labute approximate surface area is 264 Å². The summed E-state index contributed by atoms with van der Waals surface area (Å²) < 4.78 is 14.0. The second-order valence-corrected chi connectivity index (χ2v) is 13.0. The number of rotatable bonds is 11. The highest BCUT2D eigenvalue weighted by molar-refractivity contribution is 6.39. The Balaban J connectivity index is 1.62. The van der Waals surface area contributed by atoms with E-state index >= 15 is 0 Å². The van der Waals surface area contributed by atoms with Gasteiger partial charge in [-0.1, -0.05) is 35.3 Å². The van der Waals surface area contributed by atoms with E-state index in [2.05, 4.69) is 20.9 Å². The van der Waals surface area contributed by atoms with Crippen LogP contribution in [0.3, 0.4) is 0 Å². The van der Waals surface area contributed by atoms with Gasteiger partial charge in [0.25, 0.3) is 5.91 Å². The predicted octanol–water partition coefficient (Wildman–Crippen LogP) is 4.93. The number of carbonyl (C=O) groups excluding carboxylic acids is 5. The van der Waals surface area contributed by atoms with Crippen molar-refractivity contribution in [1.29, 1.82) is 0 Å². The number of aromatic amines is 1. The highest BCUT2D eigenvalue weighted by atomic mass is 35.5. The molecule has 4 N–H and O–H groups in total. The molecule has 3 amide bonds. The normalized spacial score (nSPS) is 16.6. The third-order valence-electron chi connectivity index (χ3n) is 7.39. The molecule has 1 saturated heterocycles. The van der Waals surface area contributed by atoms with Crippen LogP contribution in [-0.2, 0) is 25.6 Å². The quantitative estimate of drug-likeness (QED) is 0.173. The van der Waals surface area contributed by atoms with Crippen LogP contribution >= 0.6 is 23.2 Å². The van der Waals surface area contributed by atoms with Gasteiger partial charge in [-0.3, -0.25) is 24.0 Å². The molecule has 1 aliphatic rings. The van der Waals surface area contributed by atoms with Crippen LogP contribution < -0.4 is 16.0 Å². The molecule has 0 saturated carbocycles. The molecule has 2 aromatic carbocycles. The van der Waals surface area contributed by atoms with E-state index in [1.807, 2.05) is 0 Å². The molecule has 1 aliphatic heterocycles. The number of ketones is 2. The van der Waals surface area contributed by atoms with Crippen molar-refractivity contribution in [3.63, 3.8) is 0 Å². The largest absolute Gasteiger partial charge is 0.356 e. The first-order valence-electron chi connectivity index (χ1n) is 14.4. The van der Waals surface area contributed by atoms with Crippen molar-refractivity contribution in [1.82, 2.24) is 20.9 Å². The SMILES string of the molecule is CC(C)(C)NC(=O)C(=O)[C@H](C[C@@H]1CCCNC1=O)NC(=O)[C@@H](CC(=O)c1cc2c(Cl)cc(Cl)cc2[nH]1)Cc1cccc(F)c1. The molecule has 0 unspecified atom stereocenters.